The molecule has 0 spiro atoms. The average molecular weight is 392 g/mol. The maximum atomic E-state index is 12.8. The summed E-state index contributed by atoms with van der Waals surface area (Å²) in [4.78, 5) is 29.6. The van der Waals surface area contributed by atoms with Gasteiger partial charge in [0.2, 0.25) is 5.91 Å². The Morgan fingerprint density at radius 3 is 2.52 bits per heavy atom. The number of hydrogen-bond donors (Lipinski definition) is 1. The van der Waals surface area contributed by atoms with Gasteiger partial charge in [0.1, 0.15) is 23.8 Å². The minimum absolute atomic E-state index is 0.0789. The largest absolute Gasteiger partial charge is 0.336 e. The molecule has 0 fully saturated rings. The maximum absolute atomic E-state index is 12.8. The summed E-state index contributed by atoms with van der Waals surface area (Å²) < 4.78 is 2.84. The fraction of sp³-hybridized carbons (Fsp3) is 0.381. The molecule has 8 nitrogen and oxygen atoms in total. The SMILES string of the molecule is Cc1cc(C)cc(-n2ncc3c(=O)n(CC(=O)NC(C)(C#N)C(C)C)cnc32)c1. The third-order valence-corrected chi connectivity index (χ3v) is 5.11. The number of carbonyl (C=O) groups is 1. The van der Waals surface area contributed by atoms with Gasteiger partial charge in [0.25, 0.3) is 5.56 Å². The monoisotopic (exact) mass is 392 g/mol. The van der Waals surface area contributed by atoms with Gasteiger partial charge in [-0.15, -0.1) is 0 Å². The summed E-state index contributed by atoms with van der Waals surface area (Å²) in [5.74, 6) is -0.502. The Morgan fingerprint density at radius 2 is 1.93 bits per heavy atom. The summed E-state index contributed by atoms with van der Waals surface area (Å²) >= 11 is 0. The summed E-state index contributed by atoms with van der Waals surface area (Å²) in [6, 6.07) is 8.11. The number of rotatable bonds is 5. The van der Waals surface area contributed by atoms with Gasteiger partial charge < -0.3 is 5.32 Å². The van der Waals surface area contributed by atoms with Gasteiger partial charge in [-0.2, -0.15) is 10.4 Å². The Balaban J connectivity index is 1.93. The molecule has 0 radical (unpaired) electrons. The lowest BCUT2D eigenvalue weighted by Gasteiger charge is -2.27. The van der Waals surface area contributed by atoms with Gasteiger partial charge in [-0.3, -0.25) is 14.2 Å². The zero-order valence-corrected chi connectivity index (χ0v) is 17.2. The molecule has 8 heteroatoms. The molecular formula is C21H24N6O2. The van der Waals surface area contributed by atoms with Gasteiger partial charge in [-0.1, -0.05) is 19.9 Å². The van der Waals surface area contributed by atoms with E-state index in [1.807, 2.05) is 39.8 Å². The highest BCUT2D eigenvalue weighted by atomic mass is 16.2. The molecule has 0 aliphatic carbocycles. The summed E-state index contributed by atoms with van der Waals surface area (Å²) in [7, 11) is 0. The molecule has 1 aromatic carbocycles. The fourth-order valence-corrected chi connectivity index (χ4v) is 3.11. The number of nitrogens with zero attached hydrogens (tertiary/aromatic N) is 5. The van der Waals surface area contributed by atoms with Gasteiger partial charge in [0.05, 0.1) is 18.0 Å². The highest BCUT2D eigenvalue weighted by molar-refractivity contribution is 5.78. The summed E-state index contributed by atoms with van der Waals surface area (Å²) in [6.45, 7) is 9.13. The van der Waals surface area contributed by atoms with Crippen molar-refractivity contribution in [1.82, 2.24) is 24.6 Å². The molecule has 29 heavy (non-hydrogen) atoms. The van der Waals surface area contributed by atoms with E-state index in [1.54, 1.807) is 11.6 Å². The fourth-order valence-electron chi connectivity index (χ4n) is 3.11. The van der Waals surface area contributed by atoms with E-state index in [0.717, 1.165) is 16.8 Å². The Morgan fingerprint density at radius 1 is 1.28 bits per heavy atom. The molecule has 2 heterocycles. The van der Waals surface area contributed by atoms with Crippen LogP contribution in [0.15, 0.2) is 35.5 Å². The first-order valence-corrected chi connectivity index (χ1v) is 9.38. The second-order valence-corrected chi connectivity index (χ2v) is 7.83. The molecule has 0 saturated carbocycles. The maximum Gasteiger partial charge on any atom is 0.264 e. The molecule has 1 unspecified atom stereocenters. The number of benzene rings is 1. The van der Waals surface area contributed by atoms with Crippen LogP contribution in [0, 0.1) is 31.1 Å². The average Bonchev–Trinajstić information content (AvgIpc) is 3.07. The number of amides is 1. The van der Waals surface area contributed by atoms with Crippen molar-refractivity contribution in [3.8, 4) is 11.8 Å². The van der Waals surface area contributed by atoms with Crippen molar-refractivity contribution in [1.29, 1.82) is 5.26 Å². The van der Waals surface area contributed by atoms with E-state index in [0.29, 0.717) is 11.0 Å². The Kier molecular flexibility index (Phi) is 5.25. The molecule has 3 aromatic rings. The van der Waals surface area contributed by atoms with E-state index in [9.17, 15) is 14.9 Å². The van der Waals surface area contributed by atoms with E-state index >= 15 is 0 Å². The predicted octanol–water partition coefficient (Wildman–Crippen LogP) is 2.25. The number of carbonyl (C=O) groups excluding carboxylic acids is 1. The molecule has 0 aliphatic heterocycles. The van der Waals surface area contributed by atoms with Gasteiger partial charge in [-0.25, -0.2) is 9.67 Å². The van der Waals surface area contributed by atoms with Crippen LogP contribution in [-0.2, 0) is 11.3 Å². The van der Waals surface area contributed by atoms with Gasteiger partial charge in [0, 0.05) is 0 Å². The Labute approximate surface area is 168 Å². The second kappa shape index (κ2) is 7.51. The minimum atomic E-state index is -1.01. The molecule has 1 amide bonds. The second-order valence-electron chi connectivity index (χ2n) is 7.83. The molecule has 0 aliphatic rings. The zero-order valence-electron chi connectivity index (χ0n) is 17.2. The highest BCUT2D eigenvalue weighted by Crippen LogP contribution is 2.17. The van der Waals surface area contributed by atoms with Crippen LogP contribution in [0.3, 0.4) is 0 Å². The van der Waals surface area contributed by atoms with Gasteiger partial charge >= 0.3 is 0 Å². The van der Waals surface area contributed by atoms with Gasteiger partial charge in [0.15, 0.2) is 5.65 Å². The first kappa shape index (κ1) is 20.3. The van der Waals surface area contributed by atoms with E-state index in [4.69, 9.17) is 0 Å². The van der Waals surface area contributed by atoms with E-state index in [2.05, 4.69) is 27.5 Å². The molecule has 1 N–H and O–H groups in total. The van der Waals surface area contributed by atoms with Gasteiger partial charge in [-0.05, 0) is 49.9 Å². The van der Waals surface area contributed by atoms with E-state index in [1.165, 1.54) is 17.1 Å². The van der Waals surface area contributed by atoms with Crippen LogP contribution in [-0.4, -0.2) is 30.8 Å². The van der Waals surface area contributed by atoms with Crippen LogP contribution >= 0.6 is 0 Å². The molecular weight excluding hydrogens is 368 g/mol. The molecule has 1 atom stereocenters. The minimum Gasteiger partial charge on any atom is -0.336 e. The van der Waals surface area contributed by atoms with Crippen LogP contribution in [0.5, 0.6) is 0 Å². The number of aryl methyl sites for hydroxylation is 2. The van der Waals surface area contributed by atoms with Crippen molar-refractivity contribution >= 4 is 16.9 Å². The zero-order chi connectivity index (χ0) is 21.3. The summed E-state index contributed by atoms with van der Waals surface area (Å²) in [6.07, 6.45) is 2.80. The van der Waals surface area contributed by atoms with Crippen molar-refractivity contribution in [2.24, 2.45) is 5.92 Å². The number of fused-ring (bicyclic) bond motifs is 1. The van der Waals surface area contributed by atoms with Crippen molar-refractivity contribution < 1.29 is 4.79 Å². The molecule has 0 saturated heterocycles. The van der Waals surface area contributed by atoms with Crippen molar-refractivity contribution in [2.45, 2.75) is 46.7 Å². The molecule has 3 rings (SSSR count). The van der Waals surface area contributed by atoms with Crippen LogP contribution < -0.4 is 10.9 Å². The number of aromatic nitrogens is 4. The summed E-state index contributed by atoms with van der Waals surface area (Å²) in [5, 5.41) is 16.7. The highest BCUT2D eigenvalue weighted by Gasteiger charge is 2.30. The van der Waals surface area contributed by atoms with Crippen molar-refractivity contribution in [3.05, 3.63) is 52.2 Å². The van der Waals surface area contributed by atoms with E-state index < -0.39 is 11.4 Å². The smallest absolute Gasteiger partial charge is 0.264 e. The standard InChI is InChI=1S/C21H24N6O2/c1-13(2)21(5,11-22)25-18(28)10-26-12-23-19-17(20(26)29)9-24-27(19)16-7-14(3)6-15(4)8-16/h6-9,12-13H,10H2,1-5H3,(H,25,28). The van der Waals surface area contributed by atoms with Crippen molar-refractivity contribution in [2.75, 3.05) is 0 Å². The number of nitrogens with one attached hydrogen (secondary N) is 1. The third-order valence-electron chi connectivity index (χ3n) is 5.11. The van der Waals surface area contributed by atoms with Crippen molar-refractivity contribution in [3.63, 3.8) is 0 Å². The first-order valence-electron chi connectivity index (χ1n) is 9.38. The third kappa shape index (κ3) is 3.90. The number of hydrogen-bond acceptors (Lipinski definition) is 5. The molecule has 150 valence electrons. The Hall–Kier alpha value is -3.47. The molecule has 2 aromatic heterocycles. The normalized spacial score (nSPS) is 13.3. The lowest BCUT2D eigenvalue weighted by Crippen LogP contribution is -2.50. The van der Waals surface area contributed by atoms with Crippen LogP contribution in [0.1, 0.15) is 31.9 Å². The van der Waals surface area contributed by atoms with E-state index in [-0.39, 0.29) is 18.0 Å². The van der Waals surface area contributed by atoms with Crippen LogP contribution in [0.2, 0.25) is 0 Å². The van der Waals surface area contributed by atoms with Crippen LogP contribution in [0.4, 0.5) is 0 Å². The Bertz CT molecular complexity index is 1160. The quantitative estimate of drug-likeness (QED) is 0.717. The predicted molar refractivity (Wildman–Crippen MR) is 110 cm³/mol. The first-order chi connectivity index (χ1) is 13.6. The lowest BCUT2D eigenvalue weighted by atomic mass is 9.90. The molecule has 0 bridgehead atoms. The topological polar surface area (TPSA) is 106 Å². The van der Waals surface area contributed by atoms with Crippen LogP contribution in [0.25, 0.3) is 16.7 Å². The lowest BCUT2D eigenvalue weighted by molar-refractivity contribution is -0.123. The summed E-state index contributed by atoms with van der Waals surface area (Å²) in [5.41, 5.74) is 2.05. The number of nitriles is 1.